The molecule has 0 aliphatic heterocycles. The van der Waals surface area contributed by atoms with E-state index in [4.69, 9.17) is 23.2 Å². The van der Waals surface area contributed by atoms with E-state index in [1.165, 1.54) is 0 Å². The van der Waals surface area contributed by atoms with E-state index in [9.17, 15) is 0 Å². The average Bonchev–Trinajstić information content (AvgIpc) is 2.69. The second kappa shape index (κ2) is 5.36. The molecule has 2 rings (SSSR count). The fourth-order valence-electron chi connectivity index (χ4n) is 1.65. The number of aromatic nitrogens is 1. The van der Waals surface area contributed by atoms with Gasteiger partial charge in [0.05, 0.1) is 6.04 Å². The van der Waals surface area contributed by atoms with Gasteiger partial charge in [0.25, 0.3) is 0 Å². The monoisotopic (exact) mass is 286 g/mol. The highest BCUT2D eigenvalue weighted by Gasteiger charge is 2.18. The van der Waals surface area contributed by atoms with Gasteiger partial charge in [-0.25, -0.2) is 4.98 Å². The Balaban J connectivity index is 2.42. The van der Waals surface area contributed by atoms with Crippen molar-refractivity contribution in [2.24, 2.45) is 0 Å². The molecule has 0 bridgehead atoms. The minimum Gasteiger partial charge on any atom is -0.307 e. The molecule has 0 fully saturated rings. The first-order chi connectivity index (χ1) is 8.11. The highest BCUT2D eigenvalue weighted by atomic mass is 35.5. The van der Waals surface area contributed by atoms with Crippen LogP contribution in [0.2, 0.25) is 10.0 Å². The molecule has 0 saturated carbocycles. The highest BCUT2D eigenvalue weighted by molar-refractivity contribution is 7.09. The maximum absolute atomic E-state index is 6.21. The Labute approximate surface area is 115 Å². The standard InChI is InChI=1S/C12H12Cl2N2S/c1-7-6-17-12(16-7)11(15-2)9-4-3-8(13)5-10(9)14/h3-6,11,15H,1-2H3. The number of hydrogen-bond acceptors (Lipinski definition) is 3. The summed E-state index contributed by atoms with van der Waals surface area (Å²) >= 11 is 13.7. The molecule has 90 valence electrons. The Hall–Kier alpha value is -0.610. The Bertz CT molecular complexity index is 525. The molecule has 0 aliphatic carbocycles. The van der Waals surface area contributed by atoms with E-state index in [2.05, 4.69) is 10.3 Å². The summed E-state index contributed by atoms with van der Waals surface area (Å²) in [4.78, 5) is 4.49. The van der Waals surface area contributed by atoms with Crippen molar-refractivity contribution >= 4 is 34.5 Å². The molecule has 0 amide bonds. The number of halogens is 2. The molecule has 17 heavy (non-hydrogen) atoms. The fourth-order valence-corrected chi connectivity index (χ4v) is 3.09. The summed E-state index contributed by atoms with van der Waals surface area (Å²) < 4.78 is 0. The molecule has 0 radical (unpaired) electrons. The van der Waals surface area contributed by atoms with Gasteiger partial charge in [0.2, 0.25) is 0 Å². The SMILES string of the molecule is CNC(c1nc(C)cs1)c1ccc(Cl)cc1Cl. The van der Waals surface area contributed by atoms with E-state index in [-0.39, 0.29) is 6.04 Å². The largest absolute Gasteiger partial charge is 0.307 e. The quantitative estimate of drug-likeness (QED) is 0.920. The normalized spacial score (nSPS) is 12.7. The van der Waals surface area contributed by atoms with Crippen molar-refractivity contribution in [1.29, 1.82) is 0 Å². The summed E-state index contributed by atoms with van der Waals surface area (Å²) in [6, 6.07) is 5.54. The van der Waals surface area contributed by atoms with Crippen molar-refractivity contribution < 1.29 is 0 Å². The Morgan fingerprint density at radius 2 is 2.12 bits per heavy atom. The molecule has 1 atom stereocenters. The molecule has 1 aromatic heterocycles. The lowest BCUT2D eigenvalue weighted by molar-refractivity contribution is 0.685. The molecule has 1 N–H and O–H groups in total. The minimum absolute atomic E-state index is 0.0125. The van der Waals surface area contributed by atoms with Gasteiger partial charge < -0.3 is 5.32 Å². The summed E-state index contributed by atoms with van der Waals surface area (Å²) in [5.41, 5.74) is 2.02. The van der Waals surface area contributed by atoms with E-state index in [0.717, 1.165) is 16.3 Å². The molecule has 1 aromatic carbocycles. The predicted octanol–water partition coefficient (Wildman–Crippen LogP) is 4.07. The minimum atomic E-state index is 0.0125. The van der Waals surface area contributed by atoms with Gasteiger partial charge in [-0.2, -0.15) is 0 Å². The van der Waals surface area contributed by atoms with Crippen molar-refractivity contribution in [3.63, 3.8) is 0 Å². The van der Waals surface area contributed by atoms with Gasteiger partial charge in [-0.1, -0.05) is 29.3 Å². The van der Waals surface area contributed by atoms with Crippen LogP contribution in [-0.2, 0) is 0 Å². The molecule has 2 aromatic rings. The third-order valence-corrected chi connectivity index (χ3v) is 4.04. The van der Waals surface area contributed by atoms with Crippen LogP contribution >= 0.6 is 34.5 Å². The van der Waals surface area contributed by atoms with Gasteiger partial charge >= 0.3 is 0 Å². The lowest BCUT2D eigenvalue weighted by Crippen LogP contribution is -2.17. The molecule has 0 saturated heterocycles. The average molecular weight is 287 g/mol. The summed E-state index contributed by atoms with van der Waals surface area (Å²) in [5.74, 6) is 0. The second-order valence-corrected chi connectivity index (χ2v) is 5.45. The van der Waals surface area contributed by atoms with E-state index in [1.54, 1.807) is 17.4 Å². The summed E-state index contributed by atoms with van der Waals surface area (Å²) in [6.45, 7) is 1.98. The van der Waals surface area contributed by atoms with Gasteiger partial charge in [0, 0.05) is 21.1 Å². The lowest BCUT2D eigenvalue weighted by Gasteiger charge is -2.15. The van der Waals surface area contributed by atoms with E-state index in [0.29, 0.717) is 10.0 Å². The van der Waals surface area contributed by atoms with Crippen LogP contribution in [-0.4, -0.2) is 12.0 Å². The van der Waals surface area contributed by atoms with Gasteiger partial charge in [-0.05, 0) is 31.7 Å². The molecular formula is C12H12Cl2N2S. The first-order valence-corrected chi connectivity index (χ1v) is 6.79. The zero-order valence-electron chi connectivity index (χ0n) is 9.50. The summed E-state index contributed by atoms with van der Waals surface area (Å²) in [7, 11) is 1.90. The molecule has 2 nitrogen and oxygen atoms in total. The van der Waals surface area contributed by atoms with Crippen LogP contribution in [0.15, 0.2) is 23.6 Å². The maximum Gasteiger partial charge on any atom is 0.114 e. The van der Waals surface area contributed by atoms with Gasteiger partial charge in [-0.3, -0.25) is 0 Å². The third kappa shape index (κ3) is 2.80. The molecule has 1 heterocycles. The van der Waals surface area contributed by atoms with Gasteiger partial charge in [-0.15, -0.1) is 11.3 Å². The molecule has 1 unspecified atom stereocenters. The number of hydrogen-bond donors (Lipinski definition) is 1. The molecule has 0 aliphatic rings. The van der Waals surface area contributed by atoms with E-state index >= 15 is 0 Å². The van der Waals surface area contributed by atoms with Crippen molar-refractivity contribution in [2.75, 3.05) is 7.05 Å². The molecular weight excluding hydrogens is 275 g/mol. The molecule has 0 spiro atoms. The lowest BCUT2D eigenvalue weighted by atomic mass is 10.1. The van der Waals surface area contributed by atoms with Gasteiger partial charge in [0.1, 0.15) is 5.01 Å². The number of benzene rings is 1. The second-order valence-electron chi connectivity index (χ2n) is 3.71. The van der Waals surface area contributed by atoms with Crippen LogP contribution in [0.25, 0.3) is 0 Å². The van der Waals surface area contributed by atoms with Gasteiger partial charge in [0.15, 0.2) is 0 Å². The van der Waals surface area contributed by atoms with Crippen LogP contribution < -0.4 is 5.32 Å². The van der Waals surface area contributed by atoms with Crippen molar-refractivity contribution in [1.82, 2.24) is 10.3 Å². The third-order valence-electron chi connectivity index (χ3n) is 2.45. The Kier molecular flexibility index (Phi) is 4.05. The van der Waals surface area contributed by atoms with E-state index in [1.807, 2.05) is 31.5 Å². The zero-order chi connectivity index (χ0) is 12.4. The van der Waals surface area contributed by atoms with Crippen LogP contribution in [0.5, 0.6) is 0 Å². The molecule has 5 heteroatoms. The first kappa shape index (κ1) is 12.8. The van der Waals surface area contributed by atoms with Crippen LogP contribution in [0, 0.1) is 6.92 Å². The highest BCUT2D eigenvalue weighted by Crippen LogP contribution is 2.31. The van der Waals surface area contributed by atoms with Crippen molar-refractivity contribution in [2.45, 2.75) is 13.0 Å². The van der Waals surface area contributed by atoms with E-state index < -0.39 is 0 Å². The number of nitrogens with one attached hydrogen (secondary N) is 1. The van der Waals surface area contributed by atoms with Crippen molar-refractivity contribution in [3.8, 4) is 0 Å². The van der Waals surface area contributed by atoms with Crippen LogP contribution in [0.4, 0.5) is 0 Å². The van der Waals surface area contributed by atoms with Crippen molar-refractivity contribution in [3.05, 3.63) is 49.9 Å². The Morgan fingerprint density at radius 3 is 2.65 bits per heavy atom. The van der Waals surface area contributed by atoms with Crippen LogP contribution in [0.3, 0.4) is 0 Å². The topological polar surface area (TPSA) is 24.9 Å². The zero-order valence-corrected chi connectivity index (χ0v) is 11.8. The Morgan fingerprint density at radius 1 is 1.35 bits per heavy atom. The predicted molar refractivity (Wildman–Crippen MR) is 74.2 cm³/mol. The summed E-state index contributed by atoms with van der Waals surface area (Å²) in [6.07, 6.45) is 0. The number of thiazole rings is 1. The smallest absolute Gasteiger partial charge is 0.114 e. The number of aryl methyl sites for hydroxylation is 1. The maximum atomic E-state index is 6.21. The summed E-state index contributed by atoms with van der Waals surface area (Å²) in [5, 5.41) is 7.57. The van der Waals surface area contributed by atoms with Crippen LogP contribution in [0.1, 0.15) is 22.3 Å². The fraction of sp³-hybridized carbons (Fsp3) is 0.250. The number of rotatable bonds is 3. The number of nitrogens with zero attached hydrogens (tertiary/aromatic N) is 1. The first-order valence-electron chi connectivity index (χ1n) is 5.16.